The van der Waals surface area contributed by atoms with Crippen LogP contribution in [0.25, 0.3) is 0 Å². The predicted octanol–water partition coefficient (Wildman–Crippen LogP) is 0.579. The molecule has 1 aliphatic rings. The van der Waals surface area contributed by atoms with E-state index in [0.717, 1.165) is 11.3 Å². The first-order valence-corrected chi connectivity index (χ1v) is 5.52. The molecular formula is C12H16N2O3. The van der Waals surface area contributed by atoms with Crippen LogP contribution < -0.4 is 20.9 Å². The summed E-state index contributed by atoms with van der Waals surface area (Å²) in [6, 6.07) is 5.43. The molecule has 5 heteroatoms. The Hall–Kier alpha value is -1.75. The SMILES string of the molecule is CC(COc1ccc2c(c1)OCC2N)C(N)=O. The van der Waals surface area contributed by atoms with Gasteiger partial charge in [0.2, 0.25) is 5.91 Å². The highest BCUT2D eigenvalue weighted by molar-refractivity contribution is 5.76. The molecule has 1 aromatic rings. The van der Waals surface area contributed by atoms with Crippen LogP contribution in [-0.4, -0.2) is 19.1 Å². The zero-order valence-corrected chi connectivity index (χ0v) is 9.68. The molecule has 4 N–H and O–H groups in total. The van der Waals surface area contributed by atoms with E-state index in [9.17, 15) is 4.79 Å². The van der Waals surface area contributed by atoms with Crippen molar-refractivity contribution in [2.45, 2.75) is 13.0 Å². The Morgan fingerprint density at radius 1 is 1.65 bits per heavy atom. The molecule has 1 aliphatic heterocycles. The Morgan fingerprint density at radius 3 is 3.12 bits per heavy atom. The maximum absolute atomic E-state index is 10.9. The number of carbonyl (C=O) groups excluding carboxylic acids is 1. The number of ether oxygens (including phenoxy) is 2. The lowest BCUT2D eigenvalue weighted by atomic mass is 10.1. The van der Waals surface area contributed by atoms with Crippen LogP contribution in [0.4, 0.5) is 0 Å². The molecular weight excluding hydrogens is 220 g/mol. The standard InChI is InChI=1S/C12H16N2O3/c1-7(12(14)15)5-16-8-2-3-9-10(13)6-17-11(9)4-8/h2-4,7,10H,5-6,13H2,1H3,(H2,14,15). The molecule has 17 heavy (non-hydrogen) atoms. The van der Waals surface area contributed by atoms with Gasteiger partial charge in [-0.25, -0.2) is 0 Å². The van der Waals surface area contributed by atoms with Gasteiger partial charge in [0.15, 0.2) is 0 Å². The largest absolute Gasteiger partial charge is 0.493 e. The quantitative estimate of drug-likeness (QED) is 0.800. The van der Waals surface area contributed by atoms with E-state index in [1.165, 1.54) is 0 Å². The Labute approximate surface area is 99.7 Å². The number of amides is 1. The third kappa shape index (κ3) is 2.50. The monoisotopic (exact) mass is 236 g/mol. The van der Waals surface area contributed by atoms with E-state index in [1.807, 2.05) is 12.1 Å². The van der Waals surface area contributed by atoms with Crippen LogP contribution in [0.15, 0.2) is 18.2 Å². The summed E-state index contributed by atoms with van der Waals surface area (Å²) in [4.78, 5) is 10.9. The summed E-state index contributed by atoms with van der Waals surface area (Å²) < 4.78 is 10.9. The molecule has 1 amide bonds. The average Bonchev–Trinajstić information content (AvgIpc) is 2.67. The van der Waals surface area contributed by atoms with Crippen molar-refractivity contribution in [2.75, 3.05) is 13.2 Å². The summed E-state index contributed by atoms with van der Waals surface area (Å²) >= 11 is 0. The van der Waals surface area contributed by atoms with Gasteiger partial charge in [0.05, 0.1) is 18.6 Å². The van der Waals surface area contributed by atoms with Crippen LogP contribution in [0.5, 0.6) is 11.5 Å². The van der Waals surface area contributed by atoms with Crippen molar-refractivity contribution in [3.63, 3.8) is 0 Å². The fourth-order valence-electron chi connectivity index (χ4n) is 1.61. The van der Waals surface area contributed by atoms with Gasteiger partial charge in [-0.1, -0.05) is 6.92 Å². The van der Waals surface area contributed by atoms with Crippen LogP contribution in [0, 0.1) is 5.92 Å². The second-order valence-corrected chi connectivity index (χ2v) is 4.23. The van der Waals surface area contributed by atoms with E-state index in [-0.39, 0.29) is 24.5 Å². The number of carbonyl (C=O) groups is 1. The fraction of sp³-hybridized carbons (Fsp3) is 0.417. The molecule has 0 saturated heterocycles. The maximum atomic E-state index is 10.9. The zero-order chi connectivity index (χ0) is 12.4. The minimum absolute atomic E-state index is 0.0661. The van der Waals surface area contributed by atoms with Crippen LogP contribution in [-0.2, 0) is 4.79 Å². The average molecular weight is 236 g/mol. The van der Waals surface area contributed by atoms with E-state index >= 15 is 0 Å². The van der Waals surface area contributed by atoms with Crippen LogP contribution in [0.2, 0.25) is 0 Å². The summed E-state index contributed by atoms with van der Waals surface area (Å²) in [5.74, 6) is 0.726. The van der Waals surface area contributed by atoms with Gasteiger partial charge in [0, 0.05) is 11.6 Å². The van der Waals surface area contributed by atoms with E-state index in [2.05, 4.69) is 0 Å². The lowest BCUT2D eigenvalue weighted by Gasteiger charge is -2.10. The molecule has 1 heterocycles. The van der Waals surface area contributed by atoms with Crippen molar-refractivity contribution in [3.05, 3.63) is 23.8 Å². The first-order chi connectivity index (χ1) is 8.08. The highest BCUT2D eigenvalue weighted by Crippen LogP contribution is 2.33. The van der Waals surface area contributed by atoms with Crippen LogP contribution in [0.3, 0.4) is 0 Å². The smallest absolute Gasteiger partial charge is 0.223 e. The summed E-state index contributed by atoms with van der Waals surface area (Å²) in [6.07, 6.45) is 0. The molecule has 0 aliphatic carbocycles. The lowest BCUT2D eigenvalue weighted by Crippen LogP contribution is -2.25. The highest BCUT2D eigenvalue weighted by Gasteiger charge is 2.21. The van der Waals surface area contributed by atoms with E-state index in [1.54, 1.807) is 13.0 Å². The number of rotatable bonds is 4. The molecule has 0 radical (unpaired) electrons. The second-order valence-electron chi connectivity index (χ2n) is 4.23. The molecule has 0 fully saturated rings. The van der Waals surface area contributed by atoms with Gasteiger partial charge in [0.1, 0.15) is 18.1 Å². The molecule has 2 rings (SSSR count). The van der Waals surface area contributed by atoms with Crippen LogP contribution >= 0.6 is 0 Å². The van der Waals surface area contributed by atoms with Gasteiger partial charge < -0.3 is 20.9 Å². The topological polar surface area (TPSA) is 87.6 Å². The highest BCUT2D eigenvalue weighted by atomic mass is 16.5. The number of hydrogen-bond acceptors (Lipinski definition) is 4. The van der Waals surface area contributed by atoms with Crippen molar-refractivity contribution in [1.82, 2.24) is 0 Å². The fourth-order valence-corrected chi connectivity index (χ4v) is 1.61. The molecule has 2 unspecified atom stereocenters. The minimum Gasteiger partial charge on any atom is -0.493 e. The molecule has 1 aromatic carbocycles. The number of hydrogen-bond donors (Lipinski definition) is 2. The molecule has 0 bridgehead atoms. The van der Waals surface area contributed by atoms with E-state index < -0.39 is 0 Å². The van der Waals surface area contributed by atoms with Crippen molar-refractivity contribution in [3.8, 4) is 11.5 Å². The summed E-state index contributed by atoms with van der Waals surface area (Å²) in [5.41, 5.74) is 12.0. The van der Waals surface area contributed by atoms with E-state index in [0.29, 0.717) is 12.4 Å². The van der Waals surface area contributed by atoms with Crippen molar-refractivity contribution >= 4 is 5.91 Å². The number of primary amides is 1. The summed E-state index contributed by atoms with van der Waals surface area (Å²) in [6.45, 7) is 2.48. The Morgan fingerprint density at radius 2 is 2.41 bits per heavy atom. The van der Waals surface area contributed by atoms with E-state index in [4.69, 9.17) is 20.9 Å². The number of nitrogens with two attached hydrogens (primary N) is 2. The minimum atomic E-state index is -0.371. The molecule has 92 valence electrons. The third-order valence-electron chi connectivity index (χ3n) is 2.79. The van der Waals surface area contributed by atoms with Crippen molar-refractivity contribution in [1.29, 1.82) is 0 Å². The normalized spacial score (nSPS) is 19.3. The second kappa shape index (κ2) is 4.63. The Balaban J connectivity index is 2.01. The van der Waals surface area contributed by atoms with Gasteiger partial charge >= 0.3 is 0 Å². The Kier molecular flexibility index (Phi) is 3.19. The van der Waals surface area contributed by atoms with Gasteiger partial charge in [-0.15, -0.1) is 0 Å². The molecule has 0 saturated carbocycles. The molecule has 0 aromatic heterocycles. The Bertz CT molecular complexity index is 434. The summed E-state index contributed by atoms with van der Waals surface area (Å²) in [7, 11) is 0. The first kappa shape index (κ1) is 11.7. The third-order valence-corrected chi connectivity index (χ3v) is 2.79. The first-order valence-electron chi connectivity index (χ1n) is 5.52. The van der Waals surface area contributed by atoms with Crippen LogP contribution in [0.1, 0.15) is 18.5 Å². The molecule has 5 nitrogen and oxygen atoms in total. The van der Waals surface area contributed by atoms with Crippen molar-refractivity contribution < 1.29 is 14.3 Å². The van der Waals surface area contributed by atoms with Gasteiger partial charge in [0.25, 0.3) is 0 Å². The lowest BCUT2D eigenvalue weighted by molar-refractivity contribution is -0.122. The number of fused-ring (bicyclic) bond motifs is 1. The van der Waals surface area contributed by atoms with Gasteiger partial charge in [-0.2, -0.15) is 0 Å². The number of benzene rings is 1. The maximum Gasteiger partial charge on any atom is 0.223 e. The van der Waals surface area contributed by atoms with Gasteiger partial charge in [-0.3, -0.25) is 4.79 Å². The molecule has 0 spiro atoms. The van der Waals surface area contributed by atoms with Crippen molar-refractivity contribution in [2.24, 2.45) is 17.4 Å². The summed E-state index contributed by atoms with van der Waals surface area (Å²) in [5, 5.41) is 0. The predicted molar refractivity (Wildman–Crippen MR) is 62.7 cm³/mol. The zero-order valence-electron chi connectivity index (χ0n) is 9.68. The molecule has 2 atom stereocenters. The van der Waals surface area contributed by atoms with Gasteiger partial charge in [-0.05, 0) is 12.1 Å².